The lowest BCUT2D eigenvalue weighted by molar-refractivity contribution is 0.431. The quantitative estimate of drug-likeness (QED) is 0.256. The average Bonchev–Trinajstić information content (AvgIpc) is 3.56. The number of anilines is 1. The van der Waals surface area contributed by atoms with Crippen molar-refractivity contribution >= 4 is 28.2 Å². The van der Waals surface area contributed by atoms with Crippen molar-refractivity contribution in [2.45, 2.75) is 25.8 Å². The first-order chi connectivity index (χ1) is 19.3. The van der Waals surface area contributed by atoms with E-state index in [2.05, 4.69) is 27.3 Å². The number of benzene rings is 3. The number of phenolic OH excluding ortho intramolecular Hbond substituents is 1. The molecule has 0 amide bonds. The number of hydrogen-bond donors (Lipinski definition) is 3. The Morgan fingerprint density at radius 3 is 2.62 bits per heavy atom. The van der Waals surface area contributed by atoms with Gasteiger partial charge in [-0.2, -0.15) is 5.10 Å². The van der Waals surface area contributed by atoms with Gasteiger partial charge < -0.3 is 19.9 Å². The molecule has 0 radical (unpaired) electrons. The van der Waals surface area contributed by atoms with Gasteiger partial charge in [0.25, 0.3) is 0 Å². The van der Waals surface area contributed by atoms with Crippen LogP contribution in [0.3, 0.4) is 0 Å². The summed E-state index contributed by atoms with van der Waals surface area (Å²) >= 11 is 6.57. The first-order valence-electron chi connectivity index (χ1n) is 13.4. The SMILES string of the molecule is CCC[C@@H]1CN(c2cc(-c3cc(F)cc(-c4ccc(-n5ccn(C)c5=O)c(Cl)c4)c3O)cc3[nH]ncc23)CCN1. The molecule has 1 saturated heterocycles. The maximum Gasteiger partial charge on any atom is 0.332 e. The minimum atomic E-state index is -0.487. The van der Waals surface area contributed by atoms with Crippen molar-refractivity contribution in [2.75, 3.05) is 24.5 Å². The van der Waals surface area contributed by atoms with Crippen LogP contribution < -0.4 is 15.9 Å². The highest BCUT2D eigenvalue weighted by Crippen LogP contribution is 2.42. The third-order valence-corrected chi connectivity index (χ3v) is 7.92. The lowest BCUT2D eigenvalue weighted by atomic mass is 9.95. The molecule has 2 aromatic heterocycles. The largest absolute Gasteiger partial charge is 0.507 e. The highest BCUT2D eigenvalue weighted by Gasteiger charge is 2.23. The van der Waals surface area contributed by atoms with Gasteiger partial charge in [-0.05, 0) is 53.9 Å². The van der Waals surface area contributed by atoms with E-state index in [-0.39, 0.29) is 11.4 Å². The maximum atomic E-state index is 15.1. The van der Waals surface area contributed by atoms with Crippen molar-refractivity contribution in [1.82, 2.24) is 24.6 Å². The van der Waals surface area contributed by atoms with Crippen LogP contribution in [0, 0.1) is 5.82 Å². The van der Waals surface area contributed by atoms with Gasteiger partial charge in [0.05, 0.1) is 22.4 Å². The number of imidazole rings is 1. The first kappa shape index (κ1) is 26.2. The monoisotopic (exact) mass is 560 g/mol. The Balaban J connectivity index is 1.43. The molecule has 0 bridgehead atoms. The first-order valence-corrected chi connectivity index (χ1v) is 13.7. The van der Waals surface area contributed by atoms with Gasteiger partial charge in [0.15, 0.2) is 0 Å². The Hall–Kier alpha value is -4.08. The third-order valence-electron chi connectivity index (χ3n) is 7.62. The zero-order chi connectivity index (χ0) is 28.0. The molecule has 3 aromatic carbocycles. The summed E-state index contributed by atoms with van der Waals surface area (Å²) in [6.45, 7) is 4.74. The molecule has 0 aliphatic carbocycles. The average molecular weight is 561 g/mol. The zero-order valence-electron chi connectivity index (χ0n) is 22.3. The molecule has 1 aliphatic heterocycles. The summed E-state index contributed by atoms with van der Waals surface area (Å²) in [6, 6.07) is 11.9. The van der Waals surface area contributed by atoms with Crippen LogP contribution >= 0.6 is 11.6 Å². The summed E-state index contributed by atoms with van der Waals surface area (Å²) in [5.74, 6) is -0.546. The van der Waals surface area contributed by atoms with E-state index in [1.807, 2.05) is 18.3 Å². The van der Waals surface area contributed by atoms with E-state index in [1.165, 1.54) is 21.3 Å². The van der Waals surface area contributed by atoms with Crippen LogP contribution in [0.4, 0.5) is 10.1 Å². The topological polar surface area (TPSA) is 91.1 Å². The van der Waals surface area contributed by atoms with Gasteiger partial charge >= 0.3 is 5.69 Å². The Labute approximate surface area is 235 Å². The molecule has 1 fully saturated rings. The molecule has 10 heteroatoms. The van der Waals surface area contributed by atoms with Crippen LogP contribution in [-0.2, 0) is 7.05 Å². The minimum absolute atomic E-state index is 0.0592. The van der Waals surface area contributed by atoms with Gasteiger partial charge in [-0.15, -0.1) is 0 Å². The van der Waals surface area contributed by atoms with Gasteiger partial charge in [0.1, 0.15) is 11.6 Å². The second-order valence-corrected chi connectivity index (χ2v) is 10.7. The highest BCUT2D eigenvalue weighted by molar-refractivity contribution is 6.32. The second-order valence-electron chi connectivity index (χ2n) is 10.3. The van der Waals surface area contributed by atoms with Crippen LogP contribution in [0.15, 0.2) is 65.8 Å². The molecule has 40 heavy (non-hydrogen) atoms. The summed E-state index contributed by atoms with van der Waals surface area (Å²) in [6.07, 6.45) is 7.27. The van der Waals surface area contributed by atoms with Gasteiger partial charge in [-0.1, -0.05) is 31.0 Å². The van der Waals surface area contributed by atoms with Crippen molar-refractivity contribution in [3.05, 3.63) is 82.4 Å². The number of aryl methyl sites for hydroxylation is 1. The van der Waals surface area contributed by atoms with E-state index in [0.29, 0.717) is 39.0 Å². The smallest absolute Gasteiger partial charge is 0.332 e. The highest BCUT2D eigenvalue weighted by atomic mass is 35.5. The van der Waals surface area contributed by atoms with Crippen molar-refractivity contribution in [3.63, 3.8) is 0 Å². The number of aromatic amines is 1. The molecule has 0 unspecified atom stereocenters. The van der Waals surface area contributed by atoms with E-state index >= 15 is 4.39 Å². The number of aromatic nitrogens is 4. The summed E-state index contributed by atoms with van der Waals surface area (Å²) in [7, 11) is 1.66. The normalized spacial score (nSPS) is 15.7. The van der Waals surface area contributed by atoms with Crippen molar-refractivity contribution < 1.29 is 9.50 Å². The maximum absolute atomic E-state index is 15.1. The molecule has 5 aromatic rings. The fourth-order valence-corrected chi connectivity index (χ4v) is 5.86. The van der Waals surface area contributed by atoms with Crippen LogP contribution in [-0.4, -0.2) is 50.1 Å². The van der Waals surface area contributed by atoms with E-state index in [0.717, 1.165) is 49.1 Å². The van der Waals surface area contributed by atoms with Crippen LogP contribution in [0.1, 0.15) is 19.8 Å². The molecule has 1 aliphatic rings. The Bertz CT molecular complexity index is 1770. The number of fused-ring (bicyclic) bond motifs is 1. The molecule has 6 rings (SSSR count). The third kappa shape index (κ3) is 4.65. The predicted octanol–water partition coefficient (Wildman–Crippen LogP) is 5.46. The summed E-state index contributed by atoms with van der Waals surface area (Å²) in [5.41, 5.74) is 3.95. The molecule has 206 valence electrons. The van der Waals surface area contributed by atoms with E-state index < -0.39 is 5.82 Å². The molecule has 1 atom stereocenters. The number of rotatable bonds is 6. The number of nitrogens with one attached hydrogen (secondary N) is 2. The van der Waals surface area contributed by atoms with E-state index in [1.54, 1.807) is 37.6 Å². The zero-order valence-corrected chi connectivity index (χ0v) is 23.0. The van der Waals surface area contributed by atoms with Crippen LogP contribution in [0.5, 0.6) is 5.75 Å². The molecule has 3 N–H and O–H groups in total. The Morgan fingerprint density at radius 1 is 1.10 bits per heavy atom. The number of phenols is 1. The van der Waals surface area contributed by atoms with Crippen molar-refractivity contribution in [1.29, 1.82) is 0 Å². The fourth-order valence-electron chi connectivity index (χ4n) is 5.59. The second kappa shape index (κ2) is 10.5. The standard InChI is InChI=1S/C30H30ClFN6O2/c1-3-4-21-17-37(8-7-33-21)28-13-19(12-26-24(28)16-34-35-26)23-15-20(32)14-22(29(23)39)18-5-6-27(25(31)11-18)38-10-9-36(2)30(38)40/h5-6,9-16,21,33,39H,3-4,7-8,17H2,1-2H3,(H,34,35)/t21-/m1/s1. The number of piperazine rings is 1. The molecule has 8 nitrogen and oxygen atoms in total. The minimum Gasteiger partial charge on any atom is -0.507 e. The van der Waals surface area contributed by atoms with E-state index in [4.69, 9.17) is 11.6 Å². The van der Waals surface area contributed by atoms with Gasteiger partial charge in [0, 0.05) is 67.3 Å². The van der Waals surface area contributed by atoms with Gasteiger partial charge in [-0.3, -0.25) is 9.67 Å². The number of nitrogens with zero attached hydrogens (tertiary/aromatic N) is 4. The molecule has 3 heterocycles. The Morgan fingerprint density at radius 2 is 1.90 bits per heavy atom. The molecule has 0 saturated carbocycles. The summed E-state index contributed by atoms with van der Waals surface area (Å²) < 4.78 is 18.0. The van der Waals surface area contributed by atoms with Crippen molar-refractivity contribution in [3.8, 4) is 33.7 Å². The summed E-state index contributed by atoms with van der Waals surface area (Å²) in [5, 5.41) is 23.6. The van der Waals surface area contributed by atoms with E-state index in [9.17, 15) is 9.90 Å². The lowest BCUT2D eigenvalue weighted by Crippen LogP contribution is -2.50. The Kier molecular flexibility index (Phi) is 6.85. The van der Waals surface area contributed by atoms with Crippen molar-refractivity contribution in [2.24, 2.45) is 7.05 Å². The number of hydrogen-bond acceptors (Lipinski definition) is 5. The van der Waals surface area contributed by atoms with Crippen LogP contribution in [0.2, 0.25) is 5.02 Å². The molecular weight excluding hydrogens is 531 g/mol. The molecular formula is C30H30ClFN6O2. The number of aromatic hydroxyl groups is 1. The van der Waals surface area contributed by atoms with Crippen LogP contribution in [0.25, 0.3) is 38.8 Å². The van der Waals surface area contributed by atoms with Gasteiger partial charge in [0.2, 0.25) is 0 Å². The molecule has 0 spiro atoms. The fraction of sp³-hybridized carbons (Fsp3) is 0.267. The van der Waals surface area contributed by atoms with Gasteiger partial charge in [-0.25, -0.2) is 9.18 Å². The number of halogens is 2. The number of H-pyrrole nitrogens is 1. The lowest BCUT2D eigenvalue weighted by Gasteiger charge is -2.36. The predicted molar refractivity (Wildman–Crippen MR) is 157 cm³/mol. The summed E-state index contributed by atoms with van der Waals surface area (Å²) in [4.78, 5) is 14.7.